The van der Waals surface area contributed by atoms with Crippen molar-refractivity contribution < 1.29 is 9.15 Å². The molecule has 1 aliphatic heterocycles. The molecule has 0 aromatic carbocycles. The van der Waals surface area contributed by atoms with Gasteiger partial charge in [0.2, 0.25) is 0 Å². The second kappa shape index (κ2) is 5.51. The van der Waals surface area contributed by atoms with Crippen molar-refractivity contribution in [1.29, 1.82) is 0 Å². The van der Waals surface area contributed by atoms with E-state index in [2.05, 4.69) is 37.1 Å². The molecule has 4 heteroatoms. The molecule has 1 aliphatic carbocycles. The third-order valence-corrected chi connectivity index (χ3v) is 4.00. The first-order chi connectivity index (χ1) is 9.52. The number of hydrogen-bond donors (Lipinski definition) is 1. The lowest BCUT2D eigenvalue weighted by molar-refractivity contribution is -0.131. The average Bonchev–Trinajstić information content (AvgIpc) is 3.05. The summed E-state index contributed by atoms with van der Waals surface area (Å²) in [6, 6.07) is 2.83. The van der Waals surface area contributed by atoms with Crippen LogP contribution in [0.25, 0.3) is 0 Å². The predicted molar refractivity (Wildman–Crippen MR) is 78.5 cm³/mol. The van der Waals surface area contributed by atoms with Crippen molar-refractivity contribution in [1.82, 2.24) is 10.2 Å². The standard InChI is InChI=1S/C16H26N2O2/c1-12-9-18(11-16(2,3)20-12)10-15-13(6-7-19-15)8-17-14-4-5-14/h6-7,12,14,17H,4-5,8-11H2,1-3H3. The van der Waals surface area contributed by atoms with Crippen LogP contribution in [0.1, 0.15) is 44.9 Å². The molecule has 1 atom stereocenters. The van der Waals surface area contributed by atoms with Crippen molar-refractivity contribution in [2.24, 2.45) is 0 Å². The van der Waals surface area contributed by atoms with Crippen LogP contribution < -0.4 is 5.32 Å². The normalized spacial score (nSPS) is 26.9. The second-order valence-corrected chi connectivity index (χ2v) is 6.88. The van der Waals surface area contributed by atoms with Crippen molar-refractivity contribution in [3.8, 4) is 0 Å². The van der Waals surface area contributed by atoms with E-state index in [0.29, 0.717) is 0 Å². The van der Waals surface area contributed by atoms with Gasteiger partial charge in [0, 0.05) is 31.2 Å². The molecular formula is C16H26N2O2. The SMILES string of the molecule is CC1CN(Cc2occc2CNC2CC2)CC(C)(C)O1. The third-order valence-electron chi connectivity index (χ3n) is 4.00. The molecule has 3 rings (SSSR count). The molecule has 1 aromatic rings. The zero-order chi connectivity index (χ0) is 14.2. The Morgan fingerprint density at radius 3 is 2.90 bits per heavy atom. The van der Waals surface area contributed by atoms with Gasteiger partial charge in [0.25, 0.3) is 0 Å². The van der Waals surface area contributed by atoms with Crippen molar-refractivity contribution in [3.05, 3.63) is 23.7 Å². The molecular weight excluding hydrogens is 252 g/mol. The molecule has 1 saturated heterocycles. The number of morpholine rings is 1. The lowest BCUT2D eigenvalue weighted by Gasteiger charge is -2.41. The molecule has 20 heavy (non-hydrogen) atoms. The maximum Gasteiger partial charge on any atom is 0.122 e. The fourth-order valence-electron chi connectivity index (χ4n) is 3.11. The van der Waals surface area contributed by atoms with Crippen molar-refractivity contribution >= 4 is 0 Å². The predicted octanol–water partition coefficient (Wildman–Crippen LogP) is 2.53. The summed E-state index contributed by atoms with van der Waals surface area (Å²) in [7, 11) is 0. The van der Waals surface area contributed by atoms with E-state index < -0.39 is 0 Å². The Kier molecular flexibility index (Phi) is 3.89. The van der Waals surface area contributed by atoms with E-state index in [1.807, 2.05) is 6.26 Å². The molecule has 1 aromatic heterocycles. The van der Waals surface area contributed by atoms with Crippen LogP contribution in [0.4, 0.5) is 0 Å². The summed E-state index contributed by atoms with van der Waals surface area (Å²) >= 11 is 0. The highest BCUT2D eigenvalue weighted by atomic mass is 16.5. The monoisotopic (exact) mass is 278 g/mol. The molecule has 2 fully saturated rings. The summed E-state index contributed by atoms with van der Waals surface area (Å²) in [4.78, 5) is 2.44. The number of nitrogens with one attached hydrogen (secondary N) is 1. The number of ether oxygens (including phenoxy) is 1. The fraction of sp³-hybridized carbons (Fsp3) is 0.750. The molecule has 2 aliphatic rings. The minimum Gasteiger partial charge on any atom is -0.468 e. The van der Waals surface area contributed by atoms with E-state index in [1.165, 1.54) is 18.4 Å². The Hall–Kier alpha value is -0.840. The lowest BCUT2D eigenvalue weighted by Crippen LogP contribution is -2.51. The molecule has 0 amide bonds. The van der Waals surface area contributed by atoms with Crippen LogP contribution in [0, 0.1) is 0 Å². The van der Waals surface area contributed by atoms with E-state index in [0.717, 1.165) is 38.0 Å². The van der Waals surface area contributed by atoms with Gasteiger partial charge in [-0.15, -0.1) is 0 Å². The molecule has 112 valence electrons. The van der Waals surface area contributed by atoms with Gasteiger partial charge in [-0.05, 0) is 39.7 Å². The Balaban J connectivity index is 1.60. The van der Waals surface area contributed by atoms with Gasteiger partial charge >= 0.3 is 0 Å². The van der Waals surface area contributed by atoms with Gasteiger partial charge in [0.1, 0.15) is 5.76 Å². The fourth-order valence-corrected chi connectivity index (χ4v) is 3.11. The first-order valence-corrected chi connectivity index (χ1v) is 7.71. The van der Waals surface area contributed by atoms with Gasteiger partial charge < -0.3 is 14.5 Å². The minimum absolute atomic E-state index is 0.0727. The molecule has 2 heterocycles. The maximum atomic E-state index is 5.96. The summed E-state index contributed by atoms with van der Waals surface area (Å²) in [6.45, 7) is 10.2. The van der Waals surface area contributed by atoms with E-state index in [4.69, 9.17) is 9.15 Å². The zero-order valence-electron chi connectivity index (χ0n) is 12.8. The van der Waals surface area contributed by atoms with Gasteiger partial charge in [0.15, 0.2) is 0 Å². The van der Waals surface area contributed by atoms with Gasteiger partial charge in [-0.1, -0.05) is 0 Å². The second-order valence-electron chi connectivity index (χ2n) is 6.88. The van der Waals surface area contributed by atoms with Gasteiger partial charge in [-0.3, -0.25) is 4.90 Å². The maximum absolute atomic E-state index is 5.96. The first-order valence-electron chi connectivity index (χ1n) is 7.71. The molecule has 0 spiro atoms. The number of hydrogen-bond acceptors (Lipinski definition) is 4. The summed E-state index contributed by atoms with van der Waals surface area (Å²) in [6.07, 6.45) is 4.74. The smallest absolute Gasteiger partial charge is 0.122 e. The largest absolute Gasteiger partial charge is 0.468 e. The summed E-state index contributed by atoms with van der Waals surface area (Å²) in [5, 5.41) is 3.56. The van der Waals surface area contributed by atoms with Crippen LogP contribution in [0.15, 0.2) is 16.7 Å². The van der Waals surface area contributed by atoms with E-state index in [9.17, 15) is 0 Å². The van der Waals surface area contributed by atoms with E-state index in [1.54, 1.807) is 0 Å². The lowest BCUT2D eigenvalue weighted by atomic mass is 10.1. The molecule has 4 nitrogen and oxygen atoms in total. The van der Waals surface area contributed by atoms with Crippen LogP contribution in [0.5, 0.6) is 0 Å². The molecule has 0 radical (unpaired) electrons. The van der Waals surface area contributed by atoms with Gasteiger partial charge in [0.05, 0.1) is 24.5 Å². The molecule has 1 N–H and O–H groups in total. The van der Waals surface area contributed by atoms with E-state index in [-0.39, 0.29) is 11.7 Å². The van der Waals surface area contributed by atoms with Crippen LogP contribution in [0.3, 0.4) is 0 Å². The summed E-state index contributed by atoms with van der Waals surface area (Å²) in [5.74, 6) is 1.10. The van der Waals surface area contributed by atoms with Crippen LogP contribution in [-0.2, 0) is 17.8 Å². The van der Waals surface area contributed by atoms with Crippen molar-refractivity contribution in [2.75, 3.05) is 13.1 Å². The quantitative estimate of drug-likeness (QED) is 0.898. The van der Waals surface area contributed by atoms with Crippen molar-refractivity contribution in [2.45, 2.75) is 64.4 Å². The van der Waals surface area contributed by atoms with Crippen LogP contribution in [0.2, 0.25) is 0 Å². The topological polar surface area (TPSA) is 37.6 Å². The molecule has 1 unspecified atom stereocenters. The van der Waals surface area contributed by atoms with Crippen LogP contribution >= 0.6 is 0 Å². The first kappa shape index (κ1) is 14.1. The number of furan rings is 1. The Morgan fingerprint density at radius 2 is 2.20 bits per heavy atom. The Labute approximate surface area is 121 Å². The Morgan fingerprint density at radius 1 is 1.40 bits per heavy atom. The Bertz CT molecular complexity index is 451. The van der Waals surface area contributed by atoms with Gasteiger partial charge in [-0.25, -0.2) is 0 Å². The average molecular weight is 278 g/mol. The number of nitrogens with zero attached hydrogens (tertiary/aromatic N) is 1. The van der Waals surface area contributed by atoms with Gasteiger partial charge in [-0.2, -0.15) is 0 Å². The molecule has 0 bridgehead atoms. The summed E-state index contributed by atoms with van der Waals surface area (Å²) in [5.41, 5.74) is 1.23. The summed E-state index contributed by atoms with van der Waals surface area (Å²) < 4.78 is 11.7. The minimum atomic E-state index is -0.0727. The highest BCUT2D eigenvalue weighted by Gasteiger charge is 2.32. The van der Waals surface area contributed by atoms with E-state index >= 15 is 0 Å². The molecule has 1 saturated carbocycles. The van der Waals surface area contributed by atoms with Crippen LogP contribution in [-0.4, -0.2) is 35.7 Å². The third kappa shape index (κ3) is 3.62. The number of rotatable bonds is 5. The highest BCUT2D eigenvalue weighted by Crippen LogP contribution is 2.24. The van der Waals surface area contributed by atoms with Crippen molar-refractivity contribution in [3.63, 3.8) is 0 Å². The zero-order valence-corrected chi connectivity index (χ0v) is 12.8. The highest BCUT2D eigenvalue weighted by molar-refractivity contribution is 5.17.